The summed E-state index contributed by atoms with van der Waals surface area (Å²) >= 11 is 5.76. The summed E-state index contributed by atoms with van der Waals surface area (Å²) in [6, 6.07) is 7.45. The van der Waals surface area contributed by atoms with Crippen LogP contribution in [0, 0.1) is 0 Å². The van der Waals surface area contributed by atoms with Crippen LogP contribution in [0.25, 0.3) is 0 Å². The molecule has 1 rings (SSSR count). The van der Waals surface area contributed by atoms with Gasteiger partial charge in [0.1, 0.15) is 11.4 Å². The van der Waals surface area contributed by atoms with Gasteiger partial charge >= 0.3 is 0 Å². The highest BCUT2D eigenvalue weighted by molar-refractivity contribution is 6.30. The maximum Gasteiger partial charge on any atom is 0.120 e. The molecule has 86 valence electrons. The normalized spacial score (nSPS) is 10.3. The summed E-state index contributed by atoms with van der Waals surface area (Å²) in [5.41, 5.74) is -0.103. The van der Waals surface area contributed by atoms with Crippen LogP contribution < -0.4 is 4.74 Å². The number of rotatable bonds is 3. The molecule has 0 saturated heterocycles. The van der Waals surface area contributed by atoms with Crippen LogP contribution in [-0.4, -0.2) is 5.60 Å². The van der Waals surface area contributed by atoms with Crippen LogP contribution in [-0.2, 0) is 0 Å². The van der Waals surface area contributed by atoms with Crippen LogP contribution in [0.3, 0.4) is 0 Å². The average molecular weight is 229 g/mol. The van der Waals surface area contributed by atoms with Crippen LogP contribution in [0.2, 0.25) is 5.02 Å². The standard InChI is InChI=1S/C11H15ClO.C2H6/c1-4-11(2,3)13-10-7-5-9(12)6-8-10;1-2/h5-8H,4H2,1-3H3;1-2H3. The molecule has 0 N–H and O–H groups in total. The van der Waals surface area contributed by atoms with Crippen LogP contribution in [0.4, 0.5) is 0 Å². The third-order valence-electron chi connectivity index (χ3n) is 2.06. The summed E-state index contributed by atoms with van der Waals surface area (Å²) < 4.78 is 5.75. The highest BCUT2D eigenvalue weighted by Crippen LogP contribution is 2.22. The van der Waals surface area contributed by atoms with Gasteiger partial charge in [0, 0.05) is 5.02 Å². The average Bonchev–Trinajstić information content (AvgIpc) is 2.24. The van der Waals surface area contributed by atoms with Crippen molar-refractivity contribution in [3.8, 4) is 5.75 Å². The molecule has 1 nitrogen and oxygen atoms in total. The Morgan fingerprint density at radius 3 is 2.00 bits per heavy atom. The smallest absolute Gasteiger partial charge is 0.120 e. The minimum absolute atomic E-state index is 0.103. The third kappa shape index (κ3) is 5.68. The van der Waals surface area contributed by atoms with E-state index in [2.05, 4.69) is 20.8 Å². The fraction of sp³-hybridized carbons (Fsp3) is 0.538. The monoisotopic (exact) mass is 228 g/mol. The van der Waals surface area contributed by atoms with Gasteiger partial charge in [-0.25, -0.2) is 0 Å². The fourth-order valence-electron chi connectivity index (χ4n) is 0.894. The molecule has 0 aliphatic heterocycles. The molecule has 0 aromatic heterocycles. The Labute approximate surface area is 98.4 Å². The van der Waals surface area contributed by atoms with Crippen LogP contribution in [0.15, 0.2) is 24.3 Å². The Morgan fingerprint density at radius 1 is 1.13 bits per heavy atom. The van der Waals surface area contributed by atoms with E-state index in [4.69, 9.17) is 16.3 Å². The van der Waals surface area contributed by atoms with E-state index in [0.29, 0.717) is 0 Å². The first-order valence-corrected chi connectivity index (χ1v) is 5.86. The molecular formula is C13H21ClO. The summed E-state index contributed by atoms with van der Waals surface area (Å²) in [4.78, 5) is 0. The minimum Gasteiger partial charge on any atom is -0.488 e. The second-order valence-corrected chi connectivity index (χ2v) is 4.11. The second kappa shape index (κ2) is 6.73. The van der Waals surface area contributed by atoms with Crippen molar-refractivity contribution in [1.82, 2.24) is 0 Å². The maximum atomic E-state index is 5.76. The van der Waals surface area contributed by atoms with Crippen molar-refractivity contribution in [1.29, 1.82) is 0 Å². The van der Waals surface area contributed by atoms with Crippen LogP contribution >= 0.6 is 11.6 Å². The molecule has 0 atom stereocenters. The van der Waals surface area contributed by atoms with Gasteiger partial charge in [-0.15, -0.1) is 0 Å². The first-order valence-electron chi connectivity index (χ1n) is 5.48. The summed E-state index contributed by atoms with van der Waals surface area (Å²) in [7, 11) is 0. The van der Waals surface area contributed by atoms with Crippen molar-refractivity contribution < 1.29 is 4.74 Å². The lowest BCUT2D eigenvalue weighted by Crippen LogP contribution is -2.26. The molecule has 15 heavy (non-hydrogen) atoms. The topological polar surface area (TPSA) is 9.23 Å². The Hall–Kier alpha value is -0.690. The Kier molecular flexibility index (Phi) is 6.42. The zero-order chi connectivity index (χ0) is 11.9. The van der Waals surface area contributed by atoms with Gasteiger partial charge in [0.2, 0.25) is 0 Å². The first kappa shape index (κ1) is 14.3. The molecule has 1 aromatic carbocycles. The molecule has 0 fully saturated rings. The van der Waals surface area contributed by atoms with Gasteiger partial charge in [0.25, 0.3) is 0 Å². The molecule has 0 bridgehead atoms. The van der Waals surface area contributed by atoms with Crippen molar-refractivity contribution in [2.45, 2.75) is 46.6 Å². The highest BCUT2D eigenvalue weighted by Gasteiger charge is 2.16. The number of ether oxygens (including phenoxy) is 1. The van der Waals surface area contributed by atoms with Crippen molar-refractivity contribution in [3.05, 3.63) is 29.3 Å². The SMILES string of the molecule is CC.CCC(C)(C)Oc1ccc(Cl)cc1. The lowest BCUT2D eigenvalue weighted by Gasteiger charge is -2.24. The molecule has 2 heteroatoms. The van der Waals surface area contributed by atoms with Crippen molar-refractivity contribution in [2.24, 2.45) is 0 Å². The van der Waals surface area contributed by atoms with Crippen LogP contribution in [0.5, 0.6) is 5.75 Å². The van der Waals surface area contributed by atoms with Gasteiger partial charge in [-0.05, 0) is 44.5 Å². The van der Waals surface area contributed by atoms with Gasteiger partial charge in [-0.2, -0.15) is 0 Å². The van der Waals surface area contributed by atoms with E-state index >= 15 is 0 Å². The number of benzene rings is 1. The van der Waals surface area contributed by atoms with Gasteiger partial charge in [-0.3, -0.25) is 0 Å². The van der Waals surface area contributed by atoms with E-state index in [1.165, 1.54) is 0 Å². The maximum absolute atomic E-state index is 5.76. The molecule has 0 radical (unpaired) electrons. The quantitative estimate of drug-likeness (QED) is 0.713. The summed E-state index contributed by atoms with van der Waals surface area (Å²) in [6.07, 6.45) is 0.982. The van der Waals surface area contributed by atoms with Crippen molar-refractivity contribution >= 4 is 11.6 Å². The highest BCUT2D eigenvalue weighted by atomic mass is 35.5. The zero-order valence-electron chi connectivity index (χ0n) is 10.3. The Bertz CT molecular complexity index is 264. The van der Waals surface area contributed by atoms with Crippen molar-refractivity contribution in [3.63, 3.8) is 0 Å². The van der Waals surface area contributed by atoms with E-state index < -0.39 is 0 Å². The lowest BCUT2D eigenvalue weighted by atomic mass is 10.1. The largest absolute Gasteiger partial charge is 0.488 e. The molecule has 1 aromatic rings. The molecular weight excluding hydrogens is 208 g/mol. The van der Waals surface area contributed by atoms with Gasteiger partial charge in [0.05, 0.1) is 0 Å². The predicted molar refractivity (Wildman–Crippen MR) is 67.8 cm³/mol. The minimum atomic E-state index is -0.103. The summed E-state index contributed by atoms with van der Waals surface area (Å²) in [5, 5.41) is 0.738. The van der Waals surface area contributed by atoms with Gasteiger partial charge in [0.15, 0.2) is 0 Å². The molecule has 0 spiro atoms. The van der Waals surface area contributed by atoms with Crippen molar-refractivity contribution in [2.75, 3.05) is 0 Å². The van der Waals surface area contributed by atoms with E-state index in [-0.39, 0.29) is 5.60 Å². The van der Waals surface area contributed by atoms with E-state index in [9.17, 15) is 0 Å². The lowest BCUT2D eigenvalue weighted by molar-refractivity contribution is 0.105. The molecule has 0 amide bonds. The molecule has 0 heterocycles. The Morgan fingerprint density at radius 2 is 1.60 bits per heavy atom. The van der Waals surface area contributed by atoms with Gasteiger partial charge in [-0.1, -0.05) is 32.4 Å². The van der Waals surface area contributed by atoms with Crippen LogP contribution in [0.1, 0.15) is 41.0 Å². The number of halogens is 1. The third-order valence-corrected chi connectivity index (χ3v) is 2.31. The van der Waals surface area contributed by atoms with Gasteiger partial charge < -0.3 is 4.74 Å². The molecule has 0 saturated carbocycles. The second-order valence-electron chi connectivity index (χ2n) is 3.67. The molecule has 0 aliphatic carbocycles. The summed E-state index contributed by atoms with van der Waals surface area (Å²) in [5.74, 6) is 0.872. The number of hydrogen-bond acceptors (Lipinski definition) is 1. The van der Waals surface area contributed by atoms with E-state index in [0.717, 1.165) is 17.2 Å². The number of hydrogen-bond donors (Lipinski definition) is 0. The first-order chi connectivity index (χ1) is 7.03. The molecule has 0 aliphatic rings. The molecule has 0 unspecified atom stereocenters. The summed E-state index contributed by atoms with van der Waals surface area (Å²) in [6.45, 7) is 10.2. The fourth-order valence-corrected chi connectivity index (χ4v) is 1.02. The van der Waals surface area contributed by atoms with E-state index in [1.807, 2.05) is 38.1 Å². The van der Waals surface area contributed by atoms with E-state index in [1.54, 1.807) is 0 Å². The predicted octanol–water partition coefficient (Wildman–Crippen LogP) is 4.93. The Balaban J connectivity index is 0.000000921. The zero-order valence-corrected chi connectivity index (χ0v) is 11.1.